The molecule has 0 unspecified atom stereocenters. The van der Waals surface area contributed by atoms with Crippen molar-refractivity contribution < 1.29 is 24.0 Å². The summed E-state index contributed by atoms with van der Waals surface area (Å²) in [5.74, 6) is -0.214. The van der Waals surface area contributed by atoms with Gasteiger partial charge in [0.15, 0.2) is 0 Å². The van der Waals surface area contributed by atoms with Crippen molar-refractivity contribution in [2.24, 2.45) is 0 Å². The van der Waals surface area contributed by atoms with Crippen molar-refractivity contribution in [3.8, 4) is 0 Å². The van der Waals surface area contributed by atoms with E-state index < -0.39 is 17.4 Å². The van der Waals surface area contributed by atoms with E-state index in [1.807, 2.05) is 18.2 Å². The van der Waals surface area contributed by atoms with Gasteiger partial charge in [0.1, 0.15) is 16.9 Å². The Hall–Kier alpha value is -2.58. The van der Waals surface area contributed by atoms with Crippen molar-refractivity contribution in [3.05, 3.63) is 47.2 Å². The predicted octanol–water partition coefficient (Wildman–Crippen LogP) is 3.72. The highest BCUT2D eigenvalue weighted by Crippen LogP contribution is 2.32. The summed E-state index contributed by atoms with van der Waals surface area (Å²) in [6.07, 6.45) is 2.27. The Morgan fingerprint density at radius 2 is 1.72 bits per heavy atom. The molecule has 2 aliphatic rings. The molecule has 1 saturated heterocycles. The molecular weight excluding hydrogens is 410 g/mol. The van der Waals surface area contributed by atoms with Crippen molar-refractivity contribution in [2.75, 3.05) is 13.1 Å². The summed E-state index contributed by atoms with van der Waals surface area (Å²) in [6, 6.07) is 8.27. The van der Waals surface area contributed by atoms with Crippen LogP contribution in [0, 0.1) is 0 Å². The smallest absolute Gasteiger partial charge is 0.427 e. The van der Waals surface area contributed by atoms with Crippen LogP contribution in [0.3, 0.4) is 0 Å². The van der Waals surface area contributed by atoms with Gasteiger partial charge in [-0.3, -0.25) is 15.1 Å². The number of ether oxygens (including phenoxy) is 1. The van der Waals surface area contributed by atoms with Crippen LogP contribution in [-0.2, 0) is 31.2 Å². The Kier molecular flexibility index (Phi) is 6.86. The SMILES string of the molecule is CC(C)(C)OC(=O)ON1CCC2(C=C(C(=O)NCc3ccc(C(C)(C)C)cc3)NO2)CC1. The van der Waals surface area contributed by atoms with Gasteiger partial charge in [-0.05, 0) is 56.2 Å². The van der Waals surface area contributed by atoms with Crippen LogP contribution in [0.5, 0.6) is 0 Å². The van der Waals surface area contributed by atoms with E-state index in [1.165, 1.54) is 5.56 Å². The first kappa shape index (κ1) is 24.1. The molecule has 0 aliphatic carbocycles. The molecule has 2 N–H and O–H groups in total. The molecule has 1 amide bonds. The molecule has 2 aliphatic heterocycles. The third-order valence-corrected chi connectivity index (χ3v) is 5.45. The van der Waals surface area contributed by atoms with Gasteiger partial charge in [-0.2, -0.15) is 0 Å². The van der Waals surface area contributed by atoms with Gasteiger partial charge >= 0.3 is 6.16 Å². The second-order valence-electron chi connectivity index (χ2n) is 10.4. The van der Waals surface area contributed by atoms with Crippen molar-refractivity contribution in [1.29, 1.82) is 0 Å². The summed E-state index contributed by atoms with van der Waals surface area (Å²) in [6.45, 7) is 13.3. The lowest BCUT2D eigenvalue weighted by atomic mass is 9.87. The van der Waals surface area contributed by atoms with Crippen LogP contribution in [0.15, 0.2) is 36.0 Å². The number of rotatable bonds is 4. The summed E-state index contributed by atoms with van der Waals surface area (Å²) >= 11 is 0. The summed E-state index contributed by atoms with van der Waals surface area (Å²) in [5.41, 5.74) is 4.36. The van der Waals surface area contributed by atoms with E-state index >= 15 is 0 Å². The average Bonchev–Trinajstić information content (AvgIpc) is 3.10. The van der Waals surface area contributed by atoms with E-state index in [2.05, 4.69) is 43.7 Å². The standard InChI is InChI=1S/C24H35N3O5/c1-22(2,3)18-9-7-17(8-10-18)16-25-20(28)19-15-24(32-26-19)11-13-27(14-12-24)31-21(29)30-23(4,5)6/h7-10,15,26H,11-14,16H2,1-6H3,(H,25,28). The largest absolute Gasteiger partial charge is 0.528 e. The number of carbonyl (C=O) groups is 2. The first-order valence-electron chi connectivity index (χ1n) is 11.1. The summed E-state index contributed by atoms with van der Waals surface area (Å²) in [4.78, 5) is 35.4. The molecule has 0 radical (unpaired) electrons. The van der Waals surface area contributed by atoms with E-state index in [0.29, 0.717) is 38.2 Å². The fourth-order valence-electron chi connectivity index (χ4n) is 3.57. The monoisotopic (exact) mass is 445 g/mol. The molecule has 3 rings (SSSR count). The Bertz CT molecular complexity index is 857. The van der Waals surface area contributed by atoms with Crippen LogP contribution in [0.1, 0.15) is 65.5 Å². The van der Waals surface area contributed by atoms with E-state index in [1.54, 1.807) is 25.8 Å². The quantitative estimate of drug-likeness (QED) is 0.683. The lowest BCUT2D eigenvalue weighted by Gasteiger charge is -2.35. The van der Waals surface area contributed by atoms with Gasteiger partial charge in [0.2, 0.25) is 0 Å². The number of amides is 1. The van der Waals surface area contributed by atoms with Gasteiger partial charge in [-0.15, -0.1) is 5.06 Å². The van der Waals surface area contributed by atoms with Crippen LogP contribution in [-0.4, -0.2) is 41.4 Å². The zero-order valence-corrected chi connectivity index (χ0v) is 19.9. The van der Waals surface area contributed by atoms with Gasteiger partial charge in [0, 0.05) is 19.6 Å². The number of nitrogens with one attached hydrogen (secondary N) is 2. The zero-order chi connectivity index (χ0) is 23.6. The molecule has 0 saturated carbocycles. The summed E-state index contributed by atoms with van der Waals surface area (Å²) in [5, 5.41) is 4.50. The molecule has 1 fully saturated rings. The molecule has 0 aromatic heterocycles. The molecule has 176 valence electrons. The highest BCUT2D eigenvalue weighted by Gasteiger charge is 2.41. The fraction of sp³-hybridized carbons (Fsp3) is 0.583. The lowest BCUT2D eigenvalue weighted by molar-refractivity contribution is -0.179. The van der Waals surface area contributed by atoms with Crippen LogP contribution < -0.4 is 10.8 Å². The number of carbonyl (C=O) groups excluding carboxylic acids is 2. The van der Waals surface area contributed by atoms with Crippen molar-refractivity contribution >= 4 is 12.1 Å². The number of hydrogen-bond acceptors (Lipinski definition) is 7. The molecule has 1 aromatic carbocycles. The first-order chi connectivity index (χ1) is 14.9. The second kappa shape index (κ2) is 9.11. The highest BCUT2D eigenvalue weighted by atomic mass is 16.8. The number of nitrogens with zero attached hydrogens (tertiary/aromatic N) is 1. The van der Waals surface area contributed by atoms with Crippen LogP contribution >= 0.6 is 0 Å². The lowest BCUT2D eigenvalue weighted by Crippen LogP contribution is -2.45. The number of hydroxylamine groups is 3. The minimum atomic E-state index is -0.718. The second-order valence-corrected chi connectivity index (χ2v) is 10.4. The summed E-state index contributed by atoms with van der Waals surface area (Å²) < 4.78 is 5.18. The Balaban J connectivity index is 1.48. The minimum Gasteiger partial charge on any atom is -0.427 e. The van der Waals surface area contributed by atoms with E-state index in [0.717, 1.165) is 5.56 Å². The normalized spacial score (nSPS) is 18.6. The molecule has 0 bridgehead atoms. The van der Waals surface area contributed by atoms with Gasteiger partial charge in [-0.1, -0.05) is 45.0 Å². The maximum Gasteiger partial charge on any atom is 0.528 e. The number of hydrogen-bond donors (Lipinski definition) is 2. The van der Waals surface area contributed by atoms with E-state index in [9.17, 15) is 9.59 Å². The third-order valence-electron chi connectivity index (χ3n) is 5.45. The molecule has 8 nitrogen and oxygen atoms in total. The highest BCUT2D eigenvalue weighted by molar-refractivity contribution is 5.93. The van der Waals surface area contributed by atoms with Crippen LogP contribution in [0.2, 0.25) is 0 Å². The number of piperidine rings is 1. The van der Waals surface area contributed by atoms with Crippen LogP contribution in [0.25, 0.3) is 0 Å². The van der Waals surface area contributed by atoms with Gasteiger partial charge in [0.05, 0.1) is 0 Å². The first-order valence-corrected chi connectivity index (χ1v) is 11.1. The van der Waals surface area contributed by atoms with Crippen molar-refractivity contribution in [3.63, 3.8) is 0 Å². The topological polar surface area (TPSA) is 89.1 Å². The number of benzene rings is 1. The molecule has 2 heterocycles. The Labute approximate surface area is 190 Å². The molecule has 1 aromatic rings. The molecule has 0 atom stereocenters. The third kappa shape index (κ3) is 6.46. The maximum absolute atomic E-state index is 12.6. The predicted molar refractivity (Wildman–Crippen MR) is 120 cm³/mol. The molecule has 32 heavy (non-hydrogen) atoms. The zero-order valence-electron chi connectivity index (χ0n) is 19.9. The van der Waals surface area contributed by atoms with E-state index in [4.69, 9.17) is 14.4 Å². The van der Waals surface area contributed by atoms with Crippen LogP contribution in [0.4, 0.5) is 4.79 Å². The van der Waals surface area contributed by atoms with Crippen molar-refractivity contribution in [1.82, 2.24) is 15.9 Å². The van der Waals surface area contributed by atoms with Gasteiger partial charge in [0.25, 0.3) is 5.91 Å². The molecular formula is C24H35N3O5. The fourth-order valence-corrected chi connectivity index (χ4v) is 3.57. The molecule has 1 spiro atoms. The maximum atomic E-state index is 12.6. The van der Waals surface area contributed by atoms with E-state index in [-0.39, 0.29) is 11.3 Å². The van der Waals surface area contributed by atoms with Gasteiger partial charge < -0.3 is 14.9 Å². The van der Waals surface area contributed by atoms with Gasteiger partial charge in [-0.25, -0.2) is 4.79 Å². The average molecular weight is 446 g/mol. The minimum absolute atomic E-state index is 0.0968. The Morgan fingerprint density at radius 1 is 1.09 bits per heavy atom. The van der Waals surface area contributed by atoms with Crippen molar-refractivity contribution in [2.45, 2.75) is 77.5 Å². The Morgan fingerprint density at radius 3 is 2.28 bits per heavy atom. The summed E-state index contributed by atoms with van der Waals surface area (Å²) in [7, 11) is 0. The molecule has 8 heteroatoms.